The lowest BCUT2D eigenvalue weighted by Gasteiger charge is -2.35. The molecule has 0 radical (unpaired) electrons. The van der Waals surface area contributed by atoms with E-state index in [1.54, 1.807) is 37.4 Å². The summed E-state index contributed by atoms with van der Waals surface area (Å²) in [4.78, 5) is 40.9. The van der Waals surface area contributed by atoms with Crippen LogP contribution in [0, 0.1) is 5.41 Å². The van der Waals surface area contributed by atoms with Crippen molar-refractivity contribution in [3.63, 3.8) is 0 Å². The summed E-state index contributed by atoms with van der Waals surface area (Å²) in [5.74, 6) is -3.92. The molecule has 4 rings (SSSR count). The zero-order valence-corrected chi connectivity index (χ0v) is 21.1. The number of ether oxygens (including phenoxy) is 1. The van der Waals surface area contributed by atoms with Crippen LogP contribution in [0.1, 0.15) is 48.2 Å². The van der Waals surface area contributed by atoms with Gasteiger partial charge in [0.1, 0.15) is 5.75 Å². The van der Waals surface area contributed by atoms with Gasteiger partial charge in [-0.3, -0.25) is 14.4 Å². The molecule has 2 aromatic carbocycles. The minimum atomic E-state index is -5.51. The summed E-state index contributed by atoms with van der Waals surface area (Å²) in [6, 6.07) is 9.09. The van der Waals surface area contributed by atoms with Crippen LogP contribution >= 0.6 is 0 Å². The molecule has 0 saturated heterocycles. The number of allylic oxidation sites excluding steroid dienone is 1. The number of nitrogens with zero attached hydrogens (tertiary/aromatic N) is 1. The van der Waals surface area contributed by atoms with Crippen LogP contribution in [0.5, 0.6) is 5.75 Å². The van der Waals surface area contributed by atoms with E-state index in [1.165, 1.54) is 13.2 Å². The number of ketones is 1. The lowest BCUT2D eigenvalue weighted by atomic mass is 9.72. The number of hydrogen-bond donors (Lipinski definition) is 1. The number of benzene rings is 2. The Morgan fingerprint density at radius 3 is 2.28 bits per heavy atom. The van der Waals surface area contributed by atoms with Crippen molar-refractivity contribution in [2.75, 3.05) is 7.11 Å². The molecule has 1 atom stereocenters. The zero-order chi connectivity index (χ0) is 29.0. The Morgan fingerprint density at radius 1 is 1.00 bits per heavy atom. The monoisotopic (exact) mass is 554 g/mol. The Balaban J connectivity index is 1.87. The van der Waals surface area contributed by atoms with Gasteiger partial charge in [-0.25, -0.2) is 0 Å². The number of hydrogen-bond acceptors (Lipinski definition) is 4. The Labute approximate surface area is 219 Å². The number of nitrogens with one attached hydrogen (secondary N) is 1. The van der Waals surface area contributed by atoms with E-state index in [4.69, 9.17) is 4.74 Å². The van der Waals surface area contributed by atoms with Crippen molar-refractivity contribution in [3.8, 4) is 5.75 Å². The summed E-state index contributed by atoms with van der Waals surface area (Å²) < 4.78 is 89.7. The van der Waals surface area contributed by atoms with Gasteiger partial charge in [0.2, 0.25) is 5.54 Å². The molecule has 0 saturated carbocycles. The summed E-state index contributed by atoms with van der Waals surface area (Å²) in [6.07, 6.45) is -10.8. The minimum absolute atomic E-state index is 0.0910. The second kappa shape index (κ2) is 9.42. The number of amides is 2. The summed E-state index contributed by atoms with van der Waals surface area (Å²) in [5.41, 5.74) is -7.38. The Bertz CT molecular complexity index is 1380. The first-order valence-electron chi connectivity index (χ1n) is 11.8. The fourth-order valence-electron chi connectivity index (χ4n) is 5.08. The summed E-state index contributed by atoms with van der Waals surface area (Å²) >= 11 is 0. The second-order valence-electron chi connectivity index (χ2n) is 10.2. The lowest BCUT2D eigenvalue weighted by Crippen LogP contribution is -2.66. The minimum Gasteiger partial charge on any atom is -0.496 e. The number of alkyl halides is 6. The van der Waals surface area contributed by atoms with E-state index in [9.17, 15) is 40.7 Å². The van der Waals surface area contributed by atoms with E-state index in [0.29, 0.717) is 17.7 Å². The maximum atomic E-state index is 15.0. The maximum Gasteiger partial charge on any atom is 0.425 e. The predicted molar refractivity (Wildman–Crippen MR) is 126 cm³/mol. The van der Waals surface area contributed by atoms with Gasteiger partial charge in [0, 0.05) is 23.2 Å². The molecule has 0 unspecified atom stereocenters. The highest BCUT2D eigenvalue weighted by Crippen LogP contribution is 2.52. The molecule has 0 bridgehead atoms. The third-order valence-corrected chi connectivity index (χ3v) is 6.82. The molecule has 12 heteroatoms. The van der Waals surface area contributed by atoms with Crippen LogP contribution in [0.2, 0.25) is 0 Å². The smallest absolute Gasteiger partial charge is 0.425 e. The molecule has 1 aliphatic carbocycles. The molecular weight excluding hydrogens is 530 g/mol. The predicted octanol–water partition coefficient (Wildman–Crippen LogP) is 5.43. The molecular formula is C27H24F6N2O4. The van der Waals surface area contributed by atoms with Crippen LogP contribution in [-0.2, 0) is 22.3 Å². The summed E-state index contributed by atoms with van der Waals surface area (Å²) in [6.45, 7) is 2.92. The molecule has 0 spiro atoms. The van der Waals surface area contributed by atoms with Crippen LogP contribution in [0.25, 0.3) is 0 Å². The first kappa shape index (κ1) is 28.2. The molecule has 2 aliphatic rings. The molecule has 0 aromatic heterocycles. The number of para-hydroxylation sites is 1. The number of carbonyl (C=O) groups is 3. The molecule has 208 valence electrons. The Morgan fingerprint density at radius 2 is 1.67 bits per heavy atom. The molecule has 6 nitrogen and oxygen atoms in total. The number of Topliss-reactive ketones (excluding diaryl/α,β-unsaturated/α-hetero) is 1. The molecule has 1 N–H and O–H groups in total. The van der Waals surface area contributed by atoms with Crippen molar-refractivity contribution in [3.05, 3.63) is 76.5 Å². The second-order valence-corrected chi connectivity index (χ2v) is 10.2. The molecule has 39 heavy (non-hydrogen) atoms. The van der Waals surface area contributed by atoms with Crippen LogP contribution < -0.4 is 10.1 Å². The van der Waals surface area contributed by atoms with Crippen molar-refractivity contribution < 1.29 is 45.5 Å². The zero-order valence-electron chi connectivity index (χ0n) is 21.1. The Kier molecular flexibility index (Phi) is 6.81. The summed E-state index contributed by atoms with van der Waals surface area (Å²) in [5, 5.41) is 1.65. The number of rotatable bonds is 5. The van der Waals surface area contributed by atoms with Crippen molar-refractivity contribution in [2.24, 2.45) is 5.41 Å². The number of carbonyl (C=O) groups excluding carboxylic acids is 3. The first-order chi connectivity index (χ1) is 18.0. The molecule has 2 amide bonds. The van der Waals surface area contributed by atoms with E-state index in [-0.39, 0.29) is 24.3 Å². The van der Waals surface area contributed by atoms with Gasteiger partial charge in [0.15, 0.2) is 5.78 Å². The van der Waals surface area contributed by atoms with Crippen molar-refractivity contribution in [1.82, 2.24) is 10.2 Å². The van der Waals surface area contributed by atoms with Crippen LogP contribution in [0.3, 0.4) is 0 Å². The standard InChI is InChI=1S/C27H24F6N2O4/c1-24(2)12-18-21(19(36)13-24)25(27(31,32)33,23(38)35(18)14-16-7-4-5-10-20(16)39-3)34-22(37)15-8-6-9-17(11-15)26(28,29)30/h4-11H,12-14H2,1-3H3,(H,34,37)/t25-/m0/s1. The molecule has 2 aromatic rings. The Hall–Kier alpha value is -3.83. The highest BCUT2D eigenvalue weighted by molar-refractivity contribution is 6.14. The largest absolute Gasteiger partial charge is 0.496 e. The lowest BCUT2D eigenvalue weighted by molar-refractivity contribution is -0.190. The first-order valence-corrected chi connectivity index (χ1v) is 11.8. The molecule has 1 aliphatic heterocycles. The quantitative estimate of drug-likeness (QED) is 0.501. The van der Waals surface area contributed by atoms with E-state index in [2.05, 4.69) is 0 Å². The average molecular weight is 554 g/mol. The highest BCUT2D eigenvalue weighted by atomic mass is 19.4. The fourth-order valence-corrected chi connectivity index (χ4v) is 5.08. The van der Waals surface area contributed by atoms with Gasteiger partial charge in [-0.1, -0.05) is 38.1 Å². The van der Waals surface area contributed by atoms with Crippen molar-refractivity contribution in [1.29, 1.82) is 0 Å². The van der Waals surface area contributed by atoms with E-state index < -0.39 is 64.1 Å². The van der Waals surface area contributed by atoms with Gasteiger partial charge in [-0.2, -0.15) is 26.3 Å². The van der Waals surface area contributed by atoms with Gasteiger partial charge in [-0.15, -0.1) is 0 Å². The van der Waals surface area contributed by atoms with Gasteiger partial charge in [0.25, 0.3) is 11.8 Å². The van der Waals surface area contributed by atoms with Crippen LogP contribution in [0.15, 0.2) is 59.8 Å². The van der Waals surface area contributed by atoms with Gasteiger partial charge in [0.05, 0.1) is 24.8 Å². The van der Waals surface area contributed by atoms with Gasteiger partial charge >= 0.3 is 12.4 Å². The number of halogens is 6. The van der Waals surface area contributed by atoms with E-state index >= 15 is 0 Å². The van der Waals surface area contributed by atoms with Gasteiger partial charge in [-0.05, 0) is 36.1 Å². The topological polar surface area (TPSA) is 75.7 Å². The average Bonchev–Trinajstić information content (AvgIpc) is 3.06. The van der Waals surface area contributed by atoms with Crippen molar-refractivity contribution in [2.45, 2.75) is 51.1 Å². The molecule has 0 fully saturated rings. The van der Waals surface area contributed by atoms with Crippen LogP contribution in [-0.4, -0.2) is 41.3 Å². The third-order valence-electron chi connectivity index (χ3n) is 6.82. The van der Waals surface area contributed by atoms with Crippen LogP contribution in [0.4, 0.5) is 26.3 Å². The van der Waals surface area contributed by atoms with E-state index in [1.807, 2.05) is 0 Å². The highest BCUT2D eigenvalue weighted by Gasteiger charge is 2.71. The van der Waals surface area contributed by atoms with Gasteiger partial charge < -0.3 is 15.0 Å². The normalized spacial score (nSPS) is 21.2. The molecule has 1 heterocycles. The SMILES string of the molecule is COc1ccccc1CN1C(=O)[C@](NC(=O)c2cccc(C(F)(F)F)c2)(C(F)(F)F)C2=C1CC(C)(C)CC2=O. The summed E-state index contributed by atoms with van der Waals surface area (Å²) in [7, 11) is 1.35. The third kappa shape index (κ3) is 4.87. The van der Waals surface area contributed by atoms with Crippen molar-refractivity contribution >= 4 is 17.6 Å². The van der Waals surface area contributed by atoms with E-state index in [0.717, 1.165) is 17.0 Å². The fraction of sp³-hybridized carbons (Fsp3) is 0.370. The maximum absolute atomic E-state index is 15.0. The number of methoxy groups -OCH3 is 1.